The first kappa shape index (κ1) is 19.2. The zero-order valence-corrected chi connectivity index (χ0v) is 16.2. The van der Waals surface area contributed by atoms with E-state index in [0.717, 1.165) is 5.56 Å². The third-order valence-electron chi connectivity index (χ3n) is 4.80. The summed E-state index contributed by atoms with van der Waals surface area (Å²) in [5, 5.41) is 22.8. The molecule has 1 aromatic heterocycles. The molecule has 3 N–H and O–H groups in total. The Hall–Kier alpha value is -4.13. The van der Waals surface area contributed by atoms with Gasteiger partial charge in [-0.25, -0.2) is 0 Å². The minimum Gasteiger partial charge on any atom is -0.508 e. The van der Waals surface area contributed by atoms with Crippen molar-refractivity contribution in [2.24, 2.45) is 0 Å². The van der Waals surface area contributed by atoms with Crippen LogP contribution in [0.3, 0.4) is 0 Å². The van der Waals surface area contributed by atoms with Gasteiger partial charge in [-0.2, -0.15) is 0 Å². The van der Waals surface area contributed by atoms with Crippen molar-refractivity contribution in [3.8, 4) is 22.8 Å². The summed E-state index contributed by atoms with van der Waals surface area (Å²) < 4.78 is 0. The van der Waals surface area contributed by atoms with Crippen molar-refractivity contribution in [2.45, 2.75) is 6.54 Å². The second-order valence-corrected chi connectivity index (χ2v) is 6.98. The summed E-state index contributed by atoms with van der Waals surface area (Å²) in [5.41, 5.74) is 1.75. The third-order valence-corrected chi connectivity index (χ3v) is 4.80. The average Bonchev–Trinajstić information content (AvgIpc) is 2.74. The fourth-order valence-corrected chi connectivity index (χ4v) is 3.35. The van der Waals surface area contributed by atoms with Gasteiger partial charge >= 0.3 is 0 Å². The molecule has 1 heterocycles. The van der Waals surface area contributed by atoms with Gasteiger partial charge in [0.15, 0.2) is 0 Å². The second-order valence-electron chi connectivity index (χ2n) is 6.98. The summed E-state index contributed by atoms with van der Waals surface area (Å²) in [6, 6.07) is 16.9. The zero-order chi connectivity index (χ0) is 21.3. The van der Waals surface area contributed by atoms with E-state index in [9.17, 15) is 19.8 Å². The van der Waals surface area contributed by atoms with E-state index in [1.165, 1.54) is 6.07 Å². The molecule has 7 heteroatoms. The number of phenols is 2. The monoisotopic (exact) mass is 401 g/mol. The van der Waals surface area contributed by atoms with Crippen LogP contribution in [0.1, 0.15) is 5.56 Å². The van der Waals surface area contributed by atoms with Gasteiger partial charge in [0.2, 0.25) is 0 Å². The summed E-state index contributed by atoms with van der Waals surface area (Å²) in [6.07, 6.45) is 1.62. The van der Waals surface area contributed by atoms with E-state index in [-0.39, 0.29) is 22.9 Å². The van der Waals surface area contributed by atoms with E-state index in [4.69, 9.17) is 0 Å². The number of nitrogens with zero attached hydrogens (tertiary/aromatic N) is 2. The van der Waals surface area contributed by atoms with Gasteiger partial charge in [0.25, 0.3) is 10.9 Å². The molecule has 3 aromatic carbocycles. The SMILES string of the molecule is CN(Cc1cccc(O)c1)c1c(Nc2ccc(O)c(-c3ccccn3)c2)c(=O)c1=O. The summed E-state index contributed by atoms with van der Waals surface area (Å²) in [7, 11) is 1.71. The van der Waals surface area contributed by atoms with Gasteiger partial charge in [0, 0.05) is 31.0 Å². The molecule has 0 unspecified atom stereocenters. The molecule has 0 bridgehead atoms. The van der Waals surface area contributed by atoms with Crippen molar-refractivity contribution in [1.82, 2.24) is 4.98 Å². The number of pyridine rings is 1. The molecule has 0 aliphatic rings. The number of aromatic hydroxyl groups is 2. The third kappa shape index (κ3) is 3.60. The summed E-state index contributed by atoms with van der Waals surface area (Å²) >= 11 is 0. The quantitative estimate of drug-likeness (QED) is 0.337. The van der Waals surface area contributed by atoms with E-state index >= 15 is 0 Å². The number of benzene rings is 2. The molecule has 0 saturated carbocycles. The minimum atomic E-state index is -0.597. The number of phenolic OH excluding ortho intramolecular Hbond substituents is 2. The highest BCUT2D eigenvalue weighted by Crippen LogP contribution is 2.32. The predicted molar refractivity (Wildman–Crippen MR) is 116 cm³/mol. The van der Waals surface area contributed by atoms with E-state index in [1.54, 1.807) is 60.6 Å². The molecule has 0 aliphatic heterocycles. The fraction of sp³-hybridized carbons (Fsp3) is 0.0870. The van der Waals surface area contributed by atoms with Gasteiger partial charge < -0.3 is 20.4 Å². The second kappa shape index (κ2) is 7.71. The highest BCUT2D eigenvalue weighted by Gasteiger charge is 2.24. The molecule has 30 heavy (non-hydrogen) atoms. The van der Waals surface area contributed by atoms with Crippen molar-refractivity contribution in [2.75, 3.05) is 17.3 Å². The molecule has 0 spiro atoms. The van der Waals surface area contributed by atoms with E-state index < -0.39 is 10.9 Å². The number of hydrogen-bond donors (Lipinski definition) is 3. The normalized spacial score (nSPS) is 10.8. The first-order valence-corrected chi connectivity index (χ1v) is 9.28. The van der Waals surface area contributed by atoms with Crippen molar-refractivity contribution in [3.05, 3.63) is 92.9 Å². The molecule has 0 radical (unpaired) electrons. The number of aromatic nitrogens is 1. The highest BCUT2D eigenvalue weighted by atomic mass is 16.3. The van der Waals surface area contributed by atoms with Crippen LogP contribution in [0.25, 0.3) is 11.3 Å². The maximum Gasteiger partial charge on any atom is 0.253 e. The Morgan fingerprint density at radius 3 is 2.53 bits per heavy atom. The van der Waals surface area contributed by atoms with Gasteiger partial charge in [0.05, 0.1) is 5.69 Å². The van der Waals surface area contributed by atoms with Crippen LogP contribution in [0.15, 0.2) is 76.4 Å². The Morgan fingerprint density at radius 1 is 0.967 bits per heavy atom. The Bertz CT molecular complexity index is 1280. The molecule has 0 fully saturated rings. The molecule has 4 aromatic rings. The van der Waals surface area contributed by atoms with Crippen LogP contribution in [0.4, 0.5) is 17.1 Å². The Balaban J connectivity index is 1.62. The maximum atomic E-state index is 12.2. The summed E-state index contributed by atoms with van der Waals surface area (Å²) in [6.45, 7) is 0.350. The van der Waals surface area contributed by atoms with Gasteiger partial charge in [-0.3, -0.25) is 14.6 Å². The molecular formula is C23H19N3O4. The summed E-state index contributed by atoms with van der Waals surface area (Å²) in [5.74, 6) is 0.195. The number of nitrogens with one attached hydrogen (secondary N) is 1. The lowest BCUT2D eigenvalue weighted by atomic mass is 10.1. The van der Waals surface area contributed by atoms with Gasteiger partial charge in [-0.1, -0.05) is 18.2 Å². The molecule has 0 amide bonds. The molecular weight excluding hydrogens is 382 g/mol. The molecule has 0 aliphatic carbocycles. The number of rotatable bonds is 6. The Morgan fingerprint density at radius 2 is 1.80 bits per heavy atom. The van der Waals surface area contributed by atoms with Crippen molar-refractivity contribution in [1.29, 1.82) is 0 Å². The van der Waals surface area contributed by atoms with Crippen molar-refractivity contribution >= 4 is 17.1 Å². The van der Waals surface area contributed by atoms with Gasteiger partial charge in [-0.05, 0) is 48.0 Å². The van der Waals surface area contributed by atoms with Crippen LogP contribution < -0.4 is 21.1 Å². The lowest BCUT2D eigenvalue weighted by Crippen LogP contribution is -2.40. The molecule has 4 rings (SSSR count). The van der Waals surface area contributed by atoms with E-state index in [2.05, 4.69) is 10.3 Å². The molecule has 0 saturated heterocycles. The predicted octanol–water partition coefficient (Wildman–Crippen LogP) is 3.14. The largest absolute Gasteiger partial charge is 0.508 e. The molecule has 150 valence electrons. The lowest BCUT2D eigenvalue weighted by Gasteiger charge is -2.24. The van der Waals surface area contributed by atoms with Crippen LogP contribution in [-0.2, 0) is 6.54 Å². The fourth-order valence-electron chi connectivity index (χ4n) is 3.35. The van der Waals surface area contributed by atoms with Crippen LogP contribution in [0, 0.1) is 0 Å². The average molecular weight is 401 g/mol. The van der Waals surface area contributed by atoms with Crippen LogP contribution in [0.5, 0.6) is 11.5 Å². The van der Waals surface area contributed by atoms with E-state index in [1.807, 2.05) is 12.1 Å². The Kier molecular flexibility index (Phi) is 4.93. The smallest absolute Gasteiger partial charge is 0.253 e. The van der Waals surface area contributed by atoms with Crippen molar-refractivity contribution in [3.63, 3.8) is 0 Å². The number of hydrogen-bond acceptors (Lipinski definition) is 7. The first-order chi connectivity index (χ1) is 14.4. The van der Waals surface area contributed by atoms with Crippen molar-refractivity contribution < 1.29 is 10.2 Å². The standard InChI is InChI=1S/C23H19N3O4/c1-26(13-14-5-4-6-16(27)11-14)21-20(22(29)23(21)30)25-15-8-9-19(28)17(12-15)18-7-2-3-10-24-18/h2-12,25,27-28H,13H2,1H3. The molecule has 0 atom stereocenters. The van der Waals surface area contributed by atoms with Crippen LogP contribution in [-0.4, -0.2) is 22.2 Å². The first-order valence-electron chi connectivity index (χ1n) is 9.28. The molecule has 7 nitrogen and oxygen atoms in total. The lowest BCUT2D eigenvalue weighted by molar-refractivity contribution is 0.474. The maximum absolute atomic E-state index is 12.2. The Labute approximate surface area is 172 Å². The minimum absolute atomic E-state index is 0.0606. The van der Waals surface area contributed by atoms with Crippen LogP contribution >= 0.6 is 0 Å². The van der Waals surface area contributed by atoms with Gasteiger partial charge in [-0.15, -0.1) is 0 Å². The highest BCUT2D eigenvalue weighted by molar-refractivity contribution is 5.81. The topological polar surface area (TPSA) is 103 Å². The zero-order valence-electron chi connectivity index (χ0n) is 16.2. The van der Waals surface area contributed by atoms with E-state index in [0.29, 0.717) is 23.5 Å². The van der Waals surface area contributed by atoms with Gasteiger partial charge in [0.1, 0.15) is 22.9 Å². The van der Waals surface area contributed by atoms with Crippen LogP contribution in [0.2, 0.25) is 0 Å². The number of anilines is 3. The summed E-state index contributed by atoms with van der Waals surface area (Å²) in [4.78, 5) is 30.3.